The first kappa shape index (κ1) is 17.7. The van der Waals surface area contributed by atoms with Gasteiger partial charge in [0.05, 0.1) is 17.2 Å². The second-order valence-electron chi connectivity index (χ2n) is 5.02. The molecule has 7 heteroatoms. The van der Waals surface area contributed by atoms with Gasteiger partial charge in [0, 0.05) is 11.3 Å². The fourth-order valence-corrected chi connectivity index (χ4v) is 2.85. The normalized spacial score (nSPS) is 10.9. The maximum absolute atomic E-state index is 11.8. The van der Waals surface area contributed by atoms with Crippen LogP contribution in [0.2, 0.25) is 0 Å². The highest BCUT2D eigenvalue weighted by atomic mass is 32.2. The lowest BCUT2D eigenvalue weighted by Gasteiger charge is -2.08. The van der Waals surface area contributed by atoms with E-state index in [1.165, 1.54) is 24.3 Å². The Kier molecular flexibility index (Phi) is 5.70. The molecule has 0 aromatic heterocycles. The molecule has 0 fully saturated rings. The van der Waals surface area contributed by atoms with Crippen molar-refractivity contribution in [2.24, 2.45) is 0 Å². The lowest BCUT2D eigenvalue weighted by atomic mass is 10.2. The lowest BCUT2D eigenvalue weighted by molar-refractivity contribution is -0.115. The number of benzene rings is 2. The van der Waals surface area contributed by atoms with Gasteiger partial charge in [-0.05, 0) is 36.4 Å². The summed E-state index contributed by atoms with van der Waals surface area (Å²) in [6.07, 6.45) is 0. The van der Waals surface area contributed by atoms with Crippen molar-refractivity contribution in [3.8, 4) is 0 Å². The molecule has 0 unspecified atom stereocenters. The number of carbonyl (C=O) groups is 2. The number of carbonyl (C=O) groups excluding carboxylic acids is 2. The van der Waals surface area contributed by atoms with Crippen LogP contribution in [0.1, 0.15) is 17.3 Å². The van der Waals surface area contributed by atoms with Crippen LogP contribution < -0.4 is 10.6 Å². The quantitative estimate of drug-likeness (QED) is 0.835. The van der Waals surface area contributed by atoms with Crippen molar-refractivity contribution in [2.75, 3.05) is 17.6 Å². The minimum absolute atomic E-state index is 0.0181. The van der Waals surface area contributed by atoms with Crippen molar-refractivity contribution >= 4 is 27.3 Å². The minimum atomic E-state index is -3.27. The van der Waals surface area contributed by atoms with Crippen molar-refractivity contribution in [1.82, 2.24) is 5.32 Å². The largest absolute Gasteiger partial charge is 0.343 e. The predicted molar refractivity (Wildman–Crippen MR) is 91.6 cm³/mol. The molecule has 0 aliphatic heterocycles. The molecule has 0 saturated carbocycles. The first-order chi connectivity index (χ1) is 11.4. The van der Waals surface area contributed by atoms with Crippen LogP contribution in [0.15, 0.2) is 59.5 Å². The highest BCUT2D eigenvalue weighted by molar-refractivity contribution is 7.91. The molecule has 2 rings (SSSR count). The standard InChI is InChI=1S/C17H18N2O4S/c1-2-24(22,23)15-10-8-14(9-11-15)19-16(20)12-18-17(21)13-6-4-3-5-7-13/h3-11H,2,12H2,1H3,(H,18,21)(H,19,20). The van der Waals surface area contributed by atoms with Crippen molar-refractivity contribution in [2.45, 2.75) is 11.8 Å². The van der Waals surface area contributed by atoms with E-state index in [-0.39, 0.29) is 23.1 Å². The summed E-state index contributed by atoms with van der Waals surface area (Å²) in [6.45, 7) is 1.39. The van der Waals surface area contributed by atoms with Crippen molar-refractivity contribution in [1.29, 1.82) is 0 Å². The fraction of sp³-hybridized carbons (Fsp3) is 0.176. The fourth-order valence-electron chi connectivity index (χ4n) is 1.97. The number of anilines is 1. The molecular formula is C17H18N2O4S. The Morgan fingerprint density at radius 2 is 1.58 bits per heavy atom. The van der Waals surface area contributed by atoms with Gasteiger partial charge in [-0.1, -0.05) is 25.1 Å². The molecular weight excluding hydrogens is 328 g/mol. The van der Waals surface area contributed by atoms with E-state index >= 15 is 0 Å². The summed E-state index contributed by atoms with van der Waals surface area (Å²) in [4.78, 5) is 23.9. The molecule has 0 atom stereocenters. The summed E-state index contributed by atoms with van der Waals surface area (Å²) in [5, 5.41) is 5.11. The van der Waals surface area contributed by atoms with E-state index in [9.17, 15) is 18.0 Å². The molecule has 0 aliphatic carbocycles. The second-order valence-corrected chi connectivity index (χ2v) is 7.30. The van der Waals surface area contributed by atoms with Gasteiger partial charge in [0.2, 0.25) is 5.91 Å². The summed E-state index contributed by atoms with van der Waals surface area (Å²) < 4.78 is 23.4. The molecule has 126 valence electrons. The van der Waals surface area contributed by atoms with Gasteiger partial charge in [-0.2, -0.15) is 0 Å². The highest BCUT2D eigenvalue weighted by Crippen LogP contribution is 2.15. The summed E-state index contributed by atoms with van der Waals surface area (Å²) >= 11 is 0. The van der Waals surface area contributed by atoms with Gasteiger partial charge in [0.25, 0.3) is 5.91 Å². The smallest absolute Gasteiger partial charge is 0.251 e. The maximum atomic E-state index is 11.8. The van der Waals surface area contributed by atoms with Gasteiger partial charge in [-0.3, -0.25) is 9.59 Å². The number of sulfone groups is 1. The Morgan fingerprint density at radius 1 is 0.958 bits per heavy atom. The zero-order chi connectivity index (χ0) is 17.6. The van der Waals surface area contributed by atoms with E-state index < -0.39 is 15.7 Å². The van der Waals surface area contributed by atoms with Crippen LogP contribution in [0, 0.1) is 0 Å². The van der Waals surface area contributed by atoms with Crippen LogP contribution in [0.5, 0.6) is 0 Å². The summed E-state index contributed by atoms with van der Waals surface area (Å²) in [7, 11) is -3.27. The Balaban J connectivity index is 1.90. The van der Waals surface area contributed by atoms with Crippen LogP contribution in [0.3, 0.4) is 0 Å². The third kappa shape index (κ3) is 4.66. The van der Waals surface area contributed by atoms with Crippen LogP contribution in [-0.4, -0.2) is 32.5 Å². The van der Waals surface area contributed by atoms with E-state index in [0.717, 1.165) is 0 Å². The van der Waals surface area contributed by atoms with Crippen molar-refractivity contribution in [3.05, 3.63) is 60.2 Å². The number of amides is 2. The molecule has 0 spiro atoms. The lowest BCUT2D eigenvalue weighted by Crippen LogP contribution is -2.32. The number of hydrogen-bond acceptors (Lipinski definition) is 4. The molecule has 2 aromatic carbocycles. The van der Waals surface area contributed by atoms with Crippen LogP contribution in [0.4, 0.5) is 5.69 Å². The molecule has 2 N–H and O–H groups in total. The molecule has 0 heterocycles. The Morgan fingerprint density at radius 3 is 2.17 bits per heavy atom. The zero-order valence-corrected chi connectivity index (χ0v) is 14.0. The predicted octanol–water partition coefficient (Wildman–Crippen LogP) is 1.85. The number of nitrogens with one attached hydrogen (secondary N) is 2. The van der Waals surface area contributed by atoms with Crippen LogP contribution in [0.25, 0.3) is 0 Å². The maximum Gasteiger partial charge on any atom is 0.251 e. The summed E-state index contributed by atoms with van der Waals surface area (Å²) in [5.41, 5.74) is 0.934. The molecule has 0 aliphatic rings. The summed E-state index contributed by atoms with van der Waals surface area (Å²) in [6, 6.07) is 14.5. The molecule has 0 bridgehead atoms. The van der Waals surface area contributed by atoms with Gasteiger partial charge in [-0.25, -0.2) is 8.42 Å². The van der Waals surface area contributed by atoms with Crippen LogP contribution >= 0.6 is 0 Å². The Hall–Kier alpha value is -2.67. The van der Waals surface area contributed by atoms with Gasteiger partial charge in [0.15, 0.2) is 9.84 Å². The average Bonchev–Trinajstić information content (AvgIpc) is 2.61. The zero-order valence-electron chi connectivity index (χ0n) is 13.2. The molecule has 2 aromatic rings. The second kappa shape index (κ2) is 7.74. The van der Waals surface area contributed by atoms with Gasteiger partial charge in [-0.15, -0.1) is 0 Å². The Bertz CT molecular complexity index is 815. The van der Waals surface area contributed by atoms with Crippen molar-refractivity contribution < 1.29 is 18.0 Å². The van der Waals surface area contributed by atoms with Gasteiger partial charge < -0.3 is 10.6 Å². The van der Waals surface area contributed by atoms with Gasteiger partial charge in [0.1, 0.15) is 0 Å². The van der Waals surface area contributed by atoms with E-state index in [0.29, 0.717) is 11.3 Å². The third-order valence-electron chi connectivity index (χ3n) is 3.32. The number of rotatable bonds is 6. The highest BCUT2D eigenvalue weighted by Gasteiger charge is 2.12. The molecule has 0 radical (unpaired) electrons. The molecule has 6 nitrogen and oxygen atoms in total. The first-order valence-electron chi connectivity index (χ1n) is 7.38. The Labute approximate surface area is 140 Å². The molecule has 0 saturated heterocycles. The SMILES string of the molecule is CCS(=O)(=O)c1ccc(NC(=O)CNC(=O)c2ccccc2)cc1. The average molecular weight is 346 g/mol. The monoisotopic (exact) mass is 346 g/mol. The minimum Gasteiger partial charge on any atom is -0.343 e. The van der Waals surface area contributed by atoms with Gasteiger partial charge >= 0.3 is 0 Å². The van der Waals surface area contributed by atoms with E-state index in [1.54, 1.807) is 37.3 Å². The topological polar surface area (TPSA) is 92.3 Å². The summed E-state index contributed by atoms with van der Waals surface area (Å²) in [5.74, 6) is -0.718. The number of hydrogen-bond donors (Lipinski definition) is 2. The first-order valence-corrected chi connectivity index (χ1v) is 9.03. The van der Waals surface area contributed by atoms with E-state index in [4.69, 9.17) is 0 Å². The third-order valence-corrected chi connectivity index (χ3v) is 5.07. The van der Waals surface area contributed by atoms with E-state index in [1.807, 2.05) is 0 Å². The molecule has 2 amide bonds. The van der Waals surface area contributed by atoms with E-state index in [2.05, 4.69) is 10.6 Å². The van der Waals surface area contributed by atoms with Crippen molar-refractivity contribution in [3.63, 3.8) is 0 Å². The van der Waals surface area contributed by atoms with Crippen LogP contribution in [-0.2, 0) is 14.6 Å². The molecule has 24 heavy (non-hydrogen) atoms.